The Hall–Kier alpha value is 0.01000. The highest BCUT2D eigenvalue weighted by Gasteiger charge is 1.85. The van der Waals surface area contributed by atoms with E-state index < -0.39 is 0 Å². The van der Waals surface area contributed by atoms with Crippen LogP contribution in [0.3, 0.4) is 0 Å². The number of hydrogen-bond acceptors (Lipinski definition) is 3. The van der Waals surface area contributed by atoms with Gasteiger partial charge in [0.15, 0.2) is 0 Å². The van der Waals surface area contributed by atoms with E-state index in [1.165, 1.54) is 0 Å². The highest BCUT2D eigenvalue weighted by Crippen LogP contribution is 1.73. The smallest absolute Gasteiger partial charge is 0.107 e. The van der Waals surface area contributed by atoms with Gasteiger partial charge in [-0.2, -0.15) is 0 Å². The summed E-state index contributed by atoms with van der Waals surface area (Å²) in [7, 11) is 0. The molecule has 0 saturated heterocycles. The van der Waals surface area contributed by atoms with Crippen molar-refractivity contribution in [2.45, 2.75) is 0 Å². The van der Waals surface area contributed by atoms with Crippen molar-refractivity contribution >= 4 is 31.2 Å². The van der Waals surface area contributed by atoms with Gasteiger partial charge in [-0.3, -0.25) is 15.3 Å². The lowest BCUT2D eigenvalue weighted by Gasteiger charge is -2.02. The highest BCUT2D eigenvalue weighted by atomic mass is 35.5. The topological polar surface area (TPSA) is 33.6 Å². The van der Waals surface area contributed by atoms with Crippen molar-refractivity contribution in [1.82, 2.24) is 5.48 Å². The Kier molecular flexibility index (Phi) is 9.55. The second kappa shape index (κ2) is 7.01. The molecule has 0 aromatic heterocycles. The van der Waals surface area contributed by atoms with Crippen LogP contribution in [-0.2, 0) is 4.84 Å². The number of nitrogens with one attached hydrogen (secondary N) is 1. The molecule has 0 spiro atoms. The molecule has 8 heavy (non-hydrogen) atoms. The van der Waals surface area contributed by atoms with Crippen molar-refractivity contribution in [3.05, 3.63) is 0 Å². The Labute approximate surface area is 60.3 Å². The summed E-state index contributed by atoms with van der Waals surface area (Å²) in [5.74, 6) is 0. The first-order valence-corrected chi connectivity index (χ1v) is 1.86. The number of hydroxylamine groups is 1. The third-order valence-electron chi connectivity index (χ3n) is 0.550. The number of nitrogens with zero attached hydrogens (tertiary/aromatic N) is 1. The third kappa shape index (κ3) is 4.18. The summed E-state index contributed by atoms with van der Waals surface area (Å²) in [6.45, 7) is 1.48. The van der Waals surface area contributed by atoms with Crippen molar-refractivity contribution in [2.24, 2.45) is 4.99 Å². The van der Waals surface area contributed by atoms with Gasteiger partial charge in [0.25, 0.3) is 0 Å². The summed E-state index contributed by atoms with van der Waals surface area (Å²) < 4.78 is 0. The molecule has 0 atom stereocenters. The number of rotatable bonds is 0. The predicted molar refractivity (Wildman–Crippen MR) is 36.9 cm³/mol. The van der Waals surface area contributed by atoms with E-state index >= 15 is 0 Å². The van der Waals surface area contributed by atoms with E-state index in [1.54, 1.807) is 6.34 Å². The van der Waals surface area contributed by atoms with Crippen LogP contribution in [0.1, 0.15) is 0 Å². The Bertz CT molecular complexity index is 60.3. The molecule has 0 amide bonds. The van der Waals surface area contributed by atoms with Crippen molar-refractivity contribution in [2.75, 3.05) is 13.2 Å². The van der Waals surface area contributed by atoms with E-state index in [0.29, 0.717) is 6.61 Å². The fourth-order valence-electron chi connectivity index (χ4n) is 0.296. The zero-order valence-corrected chi connectivity index (χ0v) is 5.80. The molecule has 1 N–H and O–H groups in total. The van der Waals surface area contributed by atoms with Crippen LogP contribution in [-0.4, -0.2) is 19.5 Å². The Balaban J connectivity index is 0. The average Bonchev–Trinajstić information content (AvgIpc) is 1.72. The summed E-state index contributed by atoms with van der Waals surface area (Å²) in [5, 5.41) is 0. The van der Waals surface area contributed by atoms with Crippen LogP contribution in [0, 0.1) is 0 Å². The molecule has 0 aromatic carbocycles. The monoisotopic (exact) mass is 158 g/mol. The molecule has 0 radical (unpaired) electrons. The summed E-state index contributed by atoms with van der Waals surface area (Å²) in [5.41, 5.74) is 2.49. The lowest BCUT2D eigenvalue weighted by atomic mass is 10.7. The zero-order chi connectivity index (χ0) is 4.24. The minimum Gasteiger partial charge on any atom is -0.273 e. The lowest BCUT2D eigenvalue weighted by Crippen LogP contribution is -2.19. The molecule has 0 aromatic rings. The van der Waals surface area contributed by atoms with Crippen molar-refractivity contribution in [1.29, 1.82) is 0 Å². The molecule has 3 nitrogen and oxygen atoms in total. The standard InChI is InChI=1S/C3H6N2O.2ClH/c1-2-6-5-3-4-1;;/h3H,1-2H2,(H,4,5);2*1H. The maximum absolute atomic E-state index is 4.67. The normalized spacial score (nSPS) is 15.0. The quantitative estimate of drug-likeness (QED) is 0.554. The first-order valence-electron chi connectivity index (χ1n) is 1.86. The first-order chi connectivity index (χ1) is 3.00. The van der Waals surface area contributed by atoms with Crippen molar-refractivity contribution in [3.63, 3.8) is 0 Å². The molecule has 1 rings (SSSR count). The average molecular weight is 159 g/mol. The van der Waals surface area contributed by atoms with Gasteiger partial charge in [0, 0.05) is 0 Å². The van der Waals surface area contributed by atoms with Gasteiger partial charge in [-0.25, -0.2) is 0 Å². The van der Waals surface area contributed by atoms with Crippen LogP contribution < -0.4 is 5.48 Å². The maximum Gasteiger partial charge on any atom is 0.107 e. The number of aliphatic imine (C=N–C) groups is 1. The molecule has 0 unspecified atom stereocenters. The van der Waals surface area contributed by atoms with Crippen LogP contribution in [0.2, 0.25) is 0 Å². The fraction of sp³-hybridized carbons (Fsp3) is 0.667. The first kappa shape index (κ1) is 10.9. The van der Waals surface area contributed by atoms with Crippen molar-refractivity contribution in [3.8, 4) is 0 Å². The van der Waals surface area contributed by atoms with Crippen LogP contribution in [0.5, 0.6) is 0 Å². The minimum absolute atomic E-state index is 0. The largest absolute Gasteiger partial charge is 0.273 e. The van der Waals surface area contributed by atoms with Gasteiger partial charge >= 0.3 is 0 Å². The van der Waals surface area contributed by atoms with Gasteiger partial charge in [-0.1, -0.05) is 0 Å². The van der Waals surface area contributed by atoms with Gasteiger partial charge in [-0.15, -0.1) is 24.8 Å². The Morgan fingerprint density at radius 3 is 2.38 bits per heavy atom. The SMILES string of the molecule is C1=NCCON1.Cl.Cl. The Morgan fingerprint density at radius 2 is 2.25 bits per heavy atom. The molecule has 1 aliphatic heterocycles. The van der Waals surface area contributed by atoms with Crippen LogP contribution in [0.25, 0.3) is 0 Å². The molecular weight excluding hydrogens is 151 g/mol. The van der Waals surface area contributed by atoms with Crippen LogP contribution >= 0.6 is 24.8 Å². The summed E-state index contributed by atoms with van der Waals surface area (Å²) in [6, 6.07) is 0. The summed E-state index contributed by atoms with van der Waals surface area (Å²) >= 11 is 0. The molecule has 5 heteroatoms. The summed E-state index contributed by atoms with van der Waals surface area (Å²) in [6.07, 6.45) is 1.55. The Morgan fingerprint density at radius 1 is 1.50 bits per heavy atom. The second-order valence-corrected chi connectivity index (χ2v) is 1.00. The predicted octanol–water partition coefficient (Wildman–Crippen LogP) is 0.393. The third-order valence-corrected chi connectivity index (χ3v) is 0.550. The summed E-state index contributed by atoms with van der Waals surface area (Å²) in [4.78, 5) is 8.49. The van der Waals surface area contributed by atoms with Gasteiger partial charge < -0.3 is 0 Å². The molecular formula is C3H8Cl2N2O. The molecule has 0 aliphatic carbocycles. The molecule has 0 bridgehead atoms. The van der Waals surface area contributed by atoms with Crippen LogP contribution in [0.15, 0.2) is 4.99 Å². The number of halogens is 2. The molecule has 0 fully saturated rings. The van der Waals surface area contributed by atoms with Gasteiger partial charge in [0.05, 0.1) is 13.2 Å². The zero-order valence-electron chi connectivity index (χ0n) is 4.16. The maximum atomic E-state index is 4.67. The fourth-order valence-corrected chi connectivity index (χ4v) is 0.296. The second-order valence-electron chi connectivity index (χ2n) is 1.00. The van der Waals surface area contributed by atoms with Gasteiger partial charge in [0.2, 0.25) is 0 Å². The van der Waals surface area contributed by atoms with E-state index in [-0.39, 0.29) is 24.8 Å². The molecule has 50 valence electrons. The van der Waals surface area contributed by atoms with Crippen LogP contribution in [0.4, 0.5) is 0 Å². The van der Waals surface area contributed by atoms with E-state index in [0.717, 1.165) is 6.54 Å². The molecule has 0 saturated carbocycles. The van der Waals surface area contributed by atoms with E-state index in [1.807, 2.05) is 0 Å². The molecule has 1 heterocycles. The van der Waals surface area contributed by atoms with Gasteiger partial charge in [0.1, 0.15) is 6.34 Å². The minimum atomic E-state index is 0. The van der Waals surface area contributed by atoms with Crippen molar-refractivity contribution < 1.29 is 4.84 Å². The number of hydrogen-bond donors (Lipinski definition) is 1. The van der Waals surface area contributed by atoms with Gasteiger partial charge in [-0.05, 0) is 0 Å². The van der Waals surface area contributed by atoms with E-state index in [2.05, 4.69) is 15.3 Å². The van der Waals surface area contributed by atoms with E-state index in [9.17, 15) is 0 Å². The lowest BCUT2D eigenvalue weighted by molar-refractivity contribution is 0.0864. The van der Waals surface area contributed by atoms with E-state index in [4.69, 9.17) is 0 Å². The highest BCUT2D eigenvalue weighted by molar-refractivity contribution is 5.85. The molecule has 1 aliphatic rings.